The van der Waals surface area contributed by atoms with E-state index in [0.717, 1.165) is 25.2 Å². The van der Waals surface area contributed by atoms with Crippen molar-refractivity contribution in [3.8, 4) is 0 Å². The van der Waals surface area contributed by atoms with E-state index in [-0.39, 0.29) is 30.7 Å². The van der Waals surface area contributed by atoms with Crippen molar-refractivity contribution in [2.45, 2.75) is 45.2 Å². The van der Waals surface area contributed by atoms with Crippen LogP contribution < -0.4 is 11.1 Å². The quantitative estimate of drug-likeness (QED) is 0.717. The van der Waals surface area contributed by atoms with Crippen molar-refractivity contribution >= 4 is 30.7 Å². The number of amides is 1. The first-order valence-electron chi connectivity index (χ1n) is 8.68. The smallest absolute Gasteiger partial charge is 0.237 e. The molecule has 0 saturated heterocycles. The van der Waals surface area contributed by atoms with E-state index in [2.05, 4.69) is 29.4 Å². The van der Waals surface area contributed by atoms with Crippen LogP contribution in [0.3, 0.4) is 0 Å². The molecule has 1 aliphatic carbocycles. The molecule has 1 fully saturated rings. The highest BCUT2D eigenvalue weighted by Gasteiger charge is 2.40. The lowest BCUT2D eigenvalue weighted by Crippen LogP contribution is -2.44. The van der Waals surface area contributed by atoms with Crippen LogP contribution >= 0.6 is 24.8 Å². The van der Waals surface area contributed by atoms with E-state index in [9.17, 15) is 4.79 Å². The number of nitrogens with one attached hydrogen (secondary N) is 1. The molecule has 1 heterocycles. The summed E-state index contributed by atoms with van der Waals surface area (Å²) in [6.07, 6.45) is 7.77. The number of rotatable bonds is 8. The second-order valence-electron chi connectivity index (χ2n) is 6.90. The number of benzene rings is 1. The van der Waals surface area contributed by atoms with Crippen molar-refractivity contribution in [3.05, 3.63) is 54.1 Å². The Morgan fingerprint density at radius 3 is 2.62 bits per heavy atom. The second-order valence-corrected chi connectivity index (χ2v) is 6.90. The molecule has 0 radical (unpaired) electrons. The molecule has 26 heavy (non-hydrogen) atoms. The fourth-order valence-electron chi connectivity index (χ4n) is 2.95. The Balaban J connectivity index is 0.00000169. The lowest BCUT2D eigenvalue weighted by atomic mass is 10.0. The summed E-state index contributed by atoms with van der Waals surface area (Å²) in [7, 11) is 0. The van der Waals surface area contributed by atoms with Gasteiger partial charge in [0.15, 0.2) is 0 Å². The molecule has 1 amide bonds. The fourth-order valence-corrected chi connectivity index (χ4v) is 2.95. The molecule has 2 aromatic rings. The van der Waals surface area contributed by atoms with Crippen LogP contribution in [0.2, 0.25) is 0 Å². The molecule has 0 spiro atoms. The number of hydrogen-bond donors (Lipinski definition) is 2. The monoisotopic (exact) mass is 398 g/mol. The van der Waals surface area contributed by atoms with Gasteiger partial charge in [-0.15, -0.1) is 24.8 Å². The zero-order valence-corrected chi connectivity index (χ0v) is 16.7. The summed E-state index contributed by atoms with van der Waals surface area (Å²) in [5.41, 5.74) is 8.45. The Morgan fingerprint density at radius 1 is 1.31 bits per heavy atom. The zero-order chi connectivity index (χ0) is 17.0. The summed E-state index contributed by atoms with van der Waals surface area (Å²) < 4.78 is 2.02. The van der Waals surface area contributed by atoms with Crippen LogP contribution in [0, 0.1) is 5.41 Å². The molecule has 1 atom stereocenters. The summed E-state index contributed by atoms with van der Waals surface area (Å²) in [4.78, 5) is 16.5. The van der Waals surface area contributed by atoms with Crippen molar-refractivity contribution in [2.75, 3.05) is 6.54 Å². The van der Waals surface area contributed by atoms with Gasteiger partial charge in [0, 0.05) is 25.7 Å². The molecule has 3 N–H and O–H groups in total. The van der Waals surface area contributed by atoms with Crippen LogP contribution in [0.25, 0.3) is 0 Å². The van der Waals surface area contributed by atoms with Crippen LogP contribution in [0.15, 0.2) is 42.9 Å². The predicted octanol–water partition coefficient (Wildman–Crippen LogP) is 2.95. The molecular formula is C19H28Cl2N4O. The summed E-state index contributed by atoms with van der Waals surface area (Å²) in [5.74, 6) is -0.0765. The Bertz CT molecular complexity index is 686. The van der Waals surface area contributed by atoms with E-state index >= 15 is 0 Å². The van der Waals surface area contributed by atoms with E-state index in [1.807, 2.05) is 29.0 Å². The van der Waals surface area contributed by atoms with Crippen LogP contribution in [-0.2, 0) is 17.8 Å². The van der Waals surface area contributed by atoms with Gasteiger partial charge in [0.2, 0.25) is 5.91 Å². The molecule has 1 aliphatic rings. The highest BCUT2D eigenvalue weighted by atomic mass is 35.5. The predicted molar refractivity (Wildman–Crippen MR) is 109 cm³/mol. The third-order valence-electron chi connectivity index (χ3n) is 5.01. The summed E-state index contributed by atoms with van der Waals surface area (Å²) in [6, 6.07) is 9.68. The maximum atomic E-state index is 12.2. The third kappa shape index (κ3) is 6.01. The molecule has 0 bridgehead atoms. The van der Waals surface area contributed by atoms with Gasteiger partial charge < -0.3 is 15.6 Å². The van der Waals surface area contributed by atoms with Crippen molar-refractivity contribution in [1.82, 2.24) is 14.9 Å². The summed E-state index contributed by atoms with van der Waals surface area (Å²) >= 11 is 0. The number of carbonyl (C=O) groups excluding carboxylic acids is 1. The number of nitrogens with zero attached hydrogens (tertiary/aromatic N) is 2. The molecule has 144 valence electrons. The van der Waals surface area contributed by atoms with Crippen molar-refractivity contribution in [3.63, 3.8) is 0 Å². The SMILES string of the molecule is CCC1(CNC(=O)[C@@H](N)Cc2cn(Cc3ccccc3)cn2)CC1.Cl.Cl. The Hall–Kier alpha value is -1.56. The van der Waals surface area contributed by atoms with E-state index in [0.29, 0.717) is 11.8 Å². The average Bonchev–Trinajstić information content (AvgIpc) is 3.27. The molecule has 5 nitrogen and oxygen atoms in total. The summed E-state index contributed by atoms with van der Waals surface area (Å²) in [5, 5.41) is 3.00. The number of halogens is 2. The maximum Gasteiger partial charge on any atom is 0.237 e. The molecule has 1 aromatic heterocycles. The van der Waals surface area contributed by atoms with Gasteiger partial charge in [-0.05, 0) is 30.2 Å². The second kappa shape index (κ2) is 9.95. The van der Waals surface area contributed by atoms with Crippen LogP contribution in [0.1, 0.15) is 37.4 Å². The van der Waals surface area contributed by atoms with Gasteiger partial charge in [-0.2, -0.15) is 0 Å². The van der Waals surface area contributed by atoms with E-state index < -0.39 is 6.04 Å². The number of aromatic nitrogens is 2. The maximum absolute atomic E-state index is 12.2. The van der Waals surface area contributed by atoms with Gasteiger partial charge in [-0.1, -0.05) is 37.3 Å². The van der Waals surface area contributed by atoms with Crippen molar-refractivity contribution < 1.29 is 4.79 Å². The van der Waals surface area contributed by atoms with Gasteiger partial charge in [0.25, 0.3) is 0 Å². The molecule has 1 aromatic carbocycles. The molecule has 3 rings (SSSR count). The Labute approximate surface area is 167 Å². The first-order chi connectivity index (χ1) is 11.6. The van der Waals surface area contributed by atoms with Crippen LogP contribution in [0.5, 0.6) is 0 Å². The van der Waals surface area contributed by atoms with Gasteiger partial charge in [-0.25, -0.2) is 4.98 Å². The lowest BCUT2D eigenvalue weighted by Gasteiger charge is -2.16. The highest BCUT2D eigenvalue weighted by Crippen LogP contribution is 2.47. The van der Waals surface area contributed by atoms with E-state index in [4.69, 9.17) is 5.73 Å². The number of nitrogens with two attached hydrogens (primary N) is 1. The van der Waals surface area contributed by atoms with Crippen LogP contribution in [0.4, 0.5) is 0 Å². The Morgan fingerprint density at radius 2 is 2.00 bits per heavy atom. The molecule has 1 saturated carbocycles. The summed E-state index contributed by atoms with van der Waals surface area (Å²) in [6.45, 7) is 3.70. The molecular weight excluding hydrogens is 371 g/mol. The molecule has 0 unspecified atom stereocenters. The highest BCUT2D eigenvalue weighted by molar-refractivity contribution is 5.85. The lowest BCUT2D eigenvalue weighted by molar-refractivity contribution is -0.122. The van der Waals surface area contributed by atoms with Gasteiger partial charge in [-0.3, -0.25) is 4.79 Å². The minimum Gasteiger partial charge on any atom is -0.354 e. The first-order valence-corrected chi connectivity index (χ1v) is 8.68. The minimum atomic E-state index is -0.544. The largest absolute Gasteiger partial charge is 0.354 e. The average molecular weight is 399 g/mol. The van der Waals surface area contributed by atoms with Gasteiger partial charge in [0.05, 0.1) is 18.1 Å². The fraction of sp³-hybridized carbons (Fsp3) is 0.474. The van der Waals surface area contributed by atoms with Gasteiger partial charge >= 0.3 is 0 Å². The van der Waals surface area contributed by atoms with E-state index in [1.54, 1.807) is 6.33 Å². The van der Waals surface area contributed by atoms with E-state index in [1.165, 1.54) is 18.4 Å². The number of carbonyl (C=O) groups is 1. The zero-order valence-electron chi connectivity index (χ0n) is 15.1. The topological polar surface area (TPSA) is 72.9 Å². The van der Waals surface area contributed by atoms with Crippen molar-refractivity contribution in [2.24, 2.45) is 11.1 Å². The number of hydrogen-bond acceptors (Lipinski definition) is 3. The number of imidazole rings is 1. The van der Waals surface area contributed by atoms with Gasteiger partial charge in [0.1, 0.15) is 0 Å². The minimum absolute atomic E-state index is 0. The first kappa shape index (κ1) is 22.5. The third-order valence-corrected chi connectivity index (χ3v) is 5.01. The van der Waals surface area contributed by atoms with Crippen molar-refractivity contribution in [1.29, 1.82) is 0 Å². The van der Waals surface area contributed by atoms with Crippen LogP contribution in [-0.4, -0.2) is 28.0 Å². The standard InChI is InChI=1S/C19H26N4O.2ClH/c1-2-19(8-9-19)13-21-18(24)17(20)10-16-12-23(14-22-16)11-15-6-4-3-5-7-15;;/h3-7,12,14,17H,2,8-11,13,20H2,1H3,(H,21,24);2*1H/t17-;;/m0../s1. The normalized spacial score (nSPS) is 15.3. The molecule has 0 aliphatic heterocycles. The Kier molecular flexibility index (Phi) is 8.60. The molecule has 7 heteroatoms.